The topological polar surface area (TPSA) is 115 Å². The summed E-state index contributed by atoms with van der Waals surface area (Å²) in [6, 6.07) is 5.88. The molecule has 1 aromatic carbocycles. The van der Waals surface area contributed by atoms with Crippen LogP contribution in [0.2, 0.25) is 0 Å². The van der Waals surface area contributed by atoms with Gasteiger partial charge in [-0.2, -0.15) is 22.3 Å². The van der Waals surface area contributed by atoms with E-state index >= 15 is 0 Å². The second-order valence-corrected chi connectivity index (χ2v) is 11.4. The number of nitrogens with zero attached hydrogens (tertiary/aromatic N) is 3. The number of rotatable bonds is 6. The summed E-state index contributed by atoms with van der Waals surface area (Å²) in [7, 11) is -2.77. The summed E-state index contributed by atoms with van der Waals surface area (Å²) < 4.78 is 60.6. The number of aromatic nitrogens is 3. The number of carbonyl (C=O) groups is 1. The van der Waals surface area contributed by atoms with Crippen molar-refractivity contribution in [3.05, 3.63) is 65.0 Å². The normalized spacial score (nSPS) is 17.0. The summed E-state index contributed by atoms with van der Waals surface area (Å²) >= 11 is 0. The third-order valence-electron chi connectivity index (χ3n) is 7.35. The van der Waals surface area contributed by atoms with Gasteiger partial charge in [-0.05, 0) is 91.8 Å². The van der Waals surface area contributed by atoms with E-state index in [1.807, 2.05) is 13.0 Å². The van der Waals surface area contributed by atoms with Crippen LogP contribution < -0.4 is 14.8 Å². The number of pyridine rings is 1. The van der Waals surface area contributed by atoms with E-state index in [1.54, 1.807) is 12.3 Å². The minimum absolute atomic E-state index is 0.136. The number of hydrogen-bond acceptors (Lipinski definition) is 6. The van der Waals surface area contributed by atoms with Crippen molar-refractivity contribution in [1.29, 1.82) is 0 Å². The molecule has 2 amide bonds. The first-order valence-corrected chi connectivity index (χ1v) is 14.2. The zero-order valence-electron chi connectivity index (χ0n) is 21.6. The zero-order chi connectivity index (χ0) is 27.7. The molecule has 2 aliphatic carbocycles. The number of sulfonamides is 1. The van der Waals surface area contributed by atoms with Crippen molar-refractivity contribution in [2.24, 2.45) is 0 Å². The molecule has 1 fully saturated rings. The van der Waals surface area contributed by atoms with Crippen LogP contribution in [0.15, 0.2) is 53.3 Å². The monoisotopic (exact) mass is 557 g/mol. The Bertz CT molecular complexity index is 1550. The standard InChI is InChI=1S/C27H29F2N5O4S/c1-16-14-18-4-3-5-21(18)25(24(16)19-10-12-30-22(15-19)38-2)31-27(35)33-39(36,37)23-11-13-34(32-23)20-8-6-17(7-9-20)26(28)29/h10-15,20H,3-9H2,1-2H3,(H2,31,33,35). The number of benzene rings is 1. The number of allylic oxidation sites excluding steroid dienone is 1. The van der Waals surface area contributed by atoms with E-state index in [2.05, 4.69) is 26.2 Å². The first-order valence-electron chi connectivity index (χ1n) is 12.7. The molecule has 1 saturated carbocycles. The number of aryl methyl sites for hydroxylation is 2. The molecule has 0 aliphatic heterocycles. The molecular formula is C27H29F2N5O4S. The molecule has 3 aromatic rings. The number of ether oxygens (including phenoxy) is 1. The van der Waals surface area contributed by atoms with Crippen molar-refractivity contribution in [3.63, 3.8) is 0 Å². The number of urea groups is 1. The Balaban J connectivity index is 1.37. The Kier molecular flexibility index (Phi) is 7.39. The number of amides is 2. The van der Waals surface area contributed by atoms with E-state index in [9.17, 15) is 22.0 Å². The highest BCUT2D eigenvalue weighted by molar-refractivity contribution is 7.90. The summed E-state index contributed by atoms with van der Waals surface area (Å²) in [4.78, 5) is 17.2. The lowest BCUT2D eigenvalue weighted by Crippen LogP contribution is -2.35. The smallest absolute Gasteiger partial charge is 0.333 e. The minimum Gasteiger partial charge on any atom is -0.481 e. The molecule has 0 spiro atoms. The van der Waals surface area contributed by atoms with Crippen molar-refractivity contribution in [1.82, 2.24) is 19.5 Å². The number of carbonyl (C=O) groups excluding carboxylic acids is 1. The lowest BCUT2D eigenvalue weighted by Gasteiger charge is -2.23. The summed E-state index contributed by atoms with van der Waals surface area (Å²) in [5.41, 5.74) is 5.26. The highest BCUT2D eigenvalue weighted by atomic mass is 32.2. The fraction of sp³-hybridized carbons (Fsp3) is 0.370. The first kappa shape index (κ1) is 26.8. The van der Waals surface area contributed by atoms with Gasteiger partial charge in [0.25, 0.3) is 16.1 Å². The third-order valence-corrected chi connectivity index (χ3v) is 8.58. The van der Waals surface area contributed by atoms with Crippen LogP contribution in [0.1, 0.15) is 54.8 Å². The SMILES string of the molecule is COc1cc(-c2c(C)cc3c(c2NC(=O)NS(=O)(=O)c2ccn(C4CCC(=C(F)F)CC4)n2)CCC3)ccn1. The lowest BCUT2D eigenvalue weighted by atomic mass is 9.92. The molecule has 5 rings (SSSR count). The quantitative estimate of drug-likeness (QED) is 0.412. The van der Waals surface area contributed by atoms with Crippen LogP contribution in [-0.2, 0) is 22.9 Å². The average Bonchev–Trinajstić information content (AvgIpc) is 3.59. The summed E-state index contributed by atoms with van der Waals surface area (Å²) in [6.45, 7) is 1.94. The zero-order valence-corrected chi connectivity index (χ0v) is 22.4. The number of halogens is 2. The van der Waals surface area contributed by atoms with Gasteiger partial charge in [0.05, 0.1) is 18.8 Å². The molecule has 2 heterocycles. The third kappa shape index (κ3) is 5.51. The Morgan fingerprint density at radius 3 is 2.62 bits per heavy atom. The van der Waals surface area contributed by atoms with E-state index in [1.165, 1.54) is 24.1 Å². The summed E-state index contributed by atoms with van der Waals surface area (Å²) in [6.07, 6.45) is 5.37. The van der Waals surface area contributed by atoms with E-state index < -0.39 is 22.1 Å². The van der Waals surface area contributed by atoms with Gasteiger partial charge in [-0.15, -0.1) is 0 Å². The molecule has 0 radical (unpaired) electrons. The molecule has 39 heavy (non-hydrogen) atoms. The molecule has 2 aromatic heterocycles. The molecule has 2 N–H and O–H groups in total. The van der Waals surface area contributed by atoms with E-state index in [-0.39, 0.29) is 29.5 Å². The molecule has 0 unspecified atom stereocenters. The van der Waals surface area contributed by atoms with Gasteiger partial charge in [-0.25, -0.2) is 14.5 Å². The van der Waals surface area contributed by atoms with Crippen molar-refractivity contribution in [2.75, 3.05) is 12.4 Å². The predicted octanol–water partition coefficient (Wildman–Crippen LogP) is 5.53. The number of methoxy groups -OCH3 is 1. The highest BCUT2D eigenvalue weighted by Crippen LogP contribution is 2.41. The van der Waals surface area contributed by atoms with Gasteiger partial charge in [0, 0.05) is 24.0 Å². The second-order valence-electron chi connectivity index (χ2n) is 9.81. The van der Waals surface area contributed by atoms with Crippen LogP contribution in [0.4, 0.5) is 19.3 Å². The van der Waals surface area contributed by atoms with Gasteiger partial charge >= 0.3 is 6.03 Å². The first-order chi connectivity index (χ1) is 18.7. The Hall–Kier alpha value is -3.80. The molecular weight excluding hydrogens is 528 g/mol. The average molecular weight is 558 g/mol. The van der Waals surface area contributed by atoms with E-state index in [0.29, 0.717) is 24.4 Å². The molecule has 0 saturated heterocycles. The van der Waals surface area contributed by atoms with Gasteiger partial charge in [0.2, 0.25) is 5.88 Å². The van der Waals surface area contributed by atoms with Crippen molar-refractivity contribution < 1.29 is 26.7 Å². The fourth-order valence-electron chi connectivity index (χ4n) is 5.47. The Labute approximate surface area is 225 Å². The summed E-state index contributed by atoms with van der Waals surface area (Å²) in [5.74, 6) is 0.418. The second kappa shape index (κ2) is 10.8. The van der Waals surface area contributed by atoms with Crippen molar-refractivity contribution in [3.8, 4) is 17.0 Å². The van der Waals surface area contributed by atoms with Crippen LogP contribution in [0, 0.1) is 6.92 Å². The fourth-order valence-corrected chi connectivity index (χ4v) is 6.31. The van der Waals surface area contributed by atoms with E-state index in [4.69, 9.17) is 4.74 Å². The van der Waals surface area contributed by atoms with E-state index in [0.717, 1.165) is 47.1 Å². The molecule has 206 valence electrons. The van der Waals surface area contributed by atoms with Crippen molar-refractivity contribution in [2.45, 2.75) is 62.9 Å². The number of hydrogen-bond donors (Lipinski definition) is 2. The molecule has 12 heteroatoms. The number of nitrogens with one attached hydrogen (secondary N) is 2. The van der Waals surface area contributed by atoms with Crippen LogP contribution in [-0.4, -0.2) is 36.3 Å². The van der Waals surface area contributed by atoms with Gasteiger partial charge in [0.15, 0.2) is 5.03 Å². The van der Waals surface area contributed by atoms with Crippen LogP contribution in [0.3, 0.4) is 0 Å². The van der Waals surface area contributed by atoms with Gasteiger partial charge in [0.1, 0.15) is 0 Å². The van der Waals surface area contributed by atoms with Gasteiger partial charge in [-0.3, -0.25) is 4.68 Å². The van der Waals surface area contributed by atoms with Gasteiger partial charge in [-0.1, -0.05) is 6.07 Å². The van der Waals surface area contributed by atoms with Crippen LogP contribution in [0.5, 0.6) is 5.88 Å². The Morgan fingerprint density at radius 2 is 1.90 bits per heavy atom. The van der Waals surface area contributed by atoms with Crippen molar-refractivity contribution >= 4 is 21.7 Å². The largest absolute Gasteiger partial charge is 0.481 e. The molecule has 0 bridgehead atoms. The Morgan fingerprint density at radius 1 is 1.13 bits per heavy atom. The number of fused-ring (bicyclic) bond motifs is 1. The summed E-state index contributed by atoms with van der Waals surface area (Å²) in [5, 5.41) is 6.64. The minimum atomic E-state index is -4.29. The maximum absolute atomic E-state index is 13.1. The number of anilines is 1. The van der Waals surface area contributed by atoms with Gasteiger partial charge < -0.3 is 10.1 Å². The molecule has 2 aliphatic rings. The lowest BCUT2D eigenvalue weighted by molar-refractivity contribution is 0.256. The van der Waals surface area contributed by atoms with Crippen LogP contribution >= 0.6 is 0 Å². The predicted molar refractivity (Wildman–Crippen MR) is 141 cm³/mol. The maximum atomic E-state index is 13.1. The maximum Gasteiger partial charge on any atom is 0.333 e. The molecule has 0 atom stereocenters. The van der Waals surface area contributed by atoms with Crippen LogP contribution in [0.25, 0.3) is 11.1 Å². The highest BCUT2D eigenvalue weighted by Gasteiger charge is 2.27. The molecule has 9 nitrogen and oxygen atoms in total.